The van der Waals surface area contributed by atoms with Gasteiger partial charge in [0.15, 0.2) is 0 Å². The fraction of sp³-hybridized carbons (Fsp3) is 0.588. The van der Waals surface area contributed by atoms with Gasteiger partial charge in [0.1, 0.15) is 5.82 Å². The smallest absolute Gasteiger partial charge is 0.133 e. The Morgan fingerprint density at radius 1 is 1.27 bits per heavy atom. The van der Waals surface area contributed by atoms with Crippen LogP contribution in [0.4, 0.5) is 0 Å². The van der Waals surface area contributed by atoms with E-state index >= 15 is 0 Å². The minimum Gasteiger partial charge on any atom is -0.293 e. The molecular weight excluding hydrogens is 274 g/mol. The van der Waals surface area contributed by atoms with E-state index in [-0.39, 0.29) is 5.41 Å². The molecule has 0 saturated heterocycles. The first-order valence-electron chi connectivity index (χ1n) is 7.90. The van der Waals surface area contributed by atoms with Crippen molar-refractivity contribution in [2.24, 2.45) is 7.05 Å². The Hall–Kier alpha value is -1.75. The Labute approximate surface area is 132 Å². The van der Waals surface area contributed by atoms with Gasteiger partial charge in [-0.2, -0.15) is 5.10 Å². The molecule has 2 aromatic heterocycles. The summed E-state index contributed by atoms with van der Waals surface area (Å²) in [5, 5.41) is 4.42. The maximum atomic E-state index is 4.79. The third-order valence-corrected chi connectivity index (χ3v) is 4.17. The van der Waals surface area contributed by atoms with Gasteiger partial charge in [-0.3, -0.25) is 9.58 Å². The van der Waals surface area contributed by atoms with Crippen LogP contribution in [0.5, 0.6) is 0 Å². The largest absolute Gasteiger partial charge is 0.293 e. The second-order valence-corrected chi connectivity index (χ2v) is 7.28. The van der Waals surface area contributed by atoms with Gasteiger partial charge < -0.3 is 0 Å². The molecule has 3 heterocycles. The lowest BCUT2D eigenvalue weighted by molar-refractivity contribution is 0.236. The molecule has 0 spiro atoms. The van der Waals surface area contributed by atoms with Crippen LogP contribution in [0.25, 0.3) is 0 Å². The zero-order chi connectivity index (χ0) is 15.9. The number of hydrogen-bond acceptors (Lipinski definition) is 4. The average molecular weight is 299 g/mol. The molecule has 0 radical (unpaired) electrons. The first-order chi connectivity index (χ1) is 10.3. The Morgan fingerprint density at radius 3 is 2.68 bits per heavy atom. The highest BCUT2D eigenvalue weighted by Gasteiger charge is 2.23. The van der Waals surface area contributed by atoms with E-state index in [0.717, 1.165) is 37.6 Å². The molecule has 0 saturated carbocycles. The summed E-state index contributed by atoms with van der Waals surface area (Å²) >= 11 is 0. The SMILES string of the molecule is Cc1cc(CN2CCc3nc(C(C)(C)C)ncc3C2)n(C)n1. The van der Waals surface area contributed by atoms with Crippen LogP contribution in [0.3, 0.4) is 0 Å². The molecule has 0 aliphatic carbocycles. The monoisotopic (exact) mass is 299 g/mol. The van der Waals surface area contributed by atoms with E-state index in [1.54, 1.807) is 0 Å². The van der Waals surface area contributed by atoms with Crippen molar-refractivity contribution in [2.45, 2.75) is 52.6 Å². The lowest BCUT2D eigenvalue weighted by Crippen LogP contribution is -2.32. The predicted molar refractivity (Wildman–Crippen MR) is 86.5 cm³/mol. The third-order valence-electron chi connectivity index (χ3n) is 4.17. The minimum absolute atomic E-state index is 0.0123. The van der Waals surface area contributed by atoms with Crippen LogP contribution in [0.1, 0.15) is 49.2 Å². The summed E-state index contributed by atoms with van der Waals surface area (Å²) in [6, 6.07) is 2.16. The quantitative estimate of drug-likeness (QED) is 0.854. The standard InChI is InChI=1S/C17H25N5/c1-12-8-14(21(5)20-12)11-22-7-6-15-13(10-22)9-18-16(19-15)17(2,3)4/h8-9H,6-7,10-11H2,1-5H3. The van der Waals surface area contributed by atoms with Gasteiger partial charge >= 0.3 is 0 Å². The molecule has 1 aliphatic rings. The van der Waals surface area contributed by atoms with Crippen molar-refractivity contribution in [3.8, 4) is 0 Å². The van der Waals surface area contributed by atoms with Gasteiger partial charge in [0.25, 0.3) is 0 Å². The number of fused-ring (bicyclic) bond motifs is 1. The van der Waals surface area contributed by atoms with Crippen molar-refractivity contribution in [1.82, 2.24) is 24.6 Å². The van der Waals surface area contributed by atoms with Crippen molar-refractivity contribution in [2.75, 3.05) is 6.54 Å². The van der Waals surface area contributed by atoms with E-state index in [1.165, 1.54) is 17.0 Å². The molecule has 0 unspecified atom stereocenters. The molecule has 2 aromatic rings. The maximum Gasteiger partial charge on any atom is 0.133 e. The highest BCUT2D eigenvalue weighted by molar-refractivity contribution is 5.22. The van der Waals surface area contributed by atoms with Gasteiger partial charge in [0, 0.05) is 56.0 Å². The fourth-order valence-corrected chi connectivity index (χ4v) is 2.91. The number of aromatic nitrogens is 4. The van der Waals surface area contributed by atoms with Crippen LogP contribution >= 0.6 is 0 Å². The van der Waals surface area contributed by atoms with Crippen LogP contribution in [-0.4, -0.2) is 31.2 Å². The second kappa shape index (κ2) is 5.47. The summed E-state index contributed by atoms with van der Waals surface area (Å²) in [7, 11) is 2.01. The number of hydrogen-bond donors (Lipinski definition) is 0. The molecule has 118 valence electrons. The Morgan fingerprint density at radius 2 is 2.05 bits per heavy atom. The third kappa shape index (κ3) is 3.04. The maximum absolute atomic E-state index is 4.79. The molecule has 22 heavy (non-hydrogen) atoms. The molecule has 0 amide bonds. The number of aryl methyl sites for hydroxylation is 2. The summed E-state index contributed by atoms with van der Waals surface area (Å²) in [5.74, 6) is 0.946. The molecule has 0 fully saturated rings. The molecule has 0 atom stereocenters. The fourth-order valence-electron chi connectivity index (χ4n) is 2.91. The average Bonchev–Trinajstić information content (AvgIpc) is 2.75. The van der Waals surface area contributed by atoms with E-state index in [4.69, 9.17) is 4.98 Å². The zero-order valence-corrected chi connectivity index (χ0v) is 14.2. The highest BCUT2D eigenvalue weighted by atomic mass is 15.3. The summed E-state index contributed by atoms with van der Waals surface area (Å²) in [4.78, 5) is 11.8. The summed E-state index contributed by atoms with van der Waals surface area (Å²) in [6.07, 6.45) is 3.02. The summed E-state index contributed by atoms with van der Waals surface area (Å²) < 4.78 is 1.98. The van der Waals surface area contributed by atoms with E-state index < -0.39 is 0 Å². The summed E-state index contributed by atoms with van der Waals surface area (Å²) in [5.41, 5.74) is 4.83. The number of nitrogens with zero attached hydrogens (tertiary/aromatic N) is 5. The first-order valence-corrected chi connectivity index (χ1v) is 7.90. The van der Waals surface area contributed by atoms with Gasteiger partial charge in [-0.1, -0.05) is 20.8 Å². The van der Waals surface area contributed by atoms with Crippen LogP contribution in [0, 0.1) is 6.92 Å². The molecule has 3 rings (SSSR count). The van der Waals surface area contributed by atoms with Crippen molar-refractivity contribution in [3.05, 3.63) is 40.7 Å². The van der Waals surface area contributed by atoms with Gasteiger partial charge in [0.2, 0.25) is 0 Å². The Balaban J connectivity index is 1.76. The van der Waals surface area contributed by atoms with Crippen molar-refractivity contribution < 1.29 is 0 Å². The van der Waals surface area contributed by atoms with Crippen molar-refractivity contribution >= 4 is 0 Å². The van der Waals surface area contributed by atoms with E-state index in [2.05, 4.69) is 41.8 Å². The Kier molecular flexibility index (Phi) is 3.77. The van der Waals surface area contributed by atoms with Gasteiger partial charge in [-0.25, -0.2) is 9.97 Å². The molecule has 0 aromatic carbocycles. The van der Waals surface area contributed by atoms with Crippen LogP contribution in [0.2, 0.25) is 0 Å². The summed E-state index contributed by atoms with van der Waals surface area (Å²) in [6.45, 7) is 11.4. The van der Waals surface area contributed by atoms with Crippen LogP contribution < -0.4 is 0 Å². The van der Waals surface area contributed by atoms with E-state index in [1.807, 2.05) is 24.9 Å². The first kappa shape index (κ1) is 15.2. The van der Waals surface area contributed by atoms with Crippen LogP contribution in [-0.2, 0) is 32.0 Å². The molecule has 0 N–H and O–H groups in total. The van der Waals surface area contributed by atoms with Crippen molar-refractivity contribution in [1.29, 1.82) is 0 Å². The van der Waals surface area contributed by atoms with E-state index in [9.17, 15) is 0 Å². The predicted octanol–water partition coefficient (Wildman–Crippen LogP) is 2.37. The Bertz CT molecular complexity index is 681. The molecule has 5 nitrogen and oxygen atoms in total. The molecule has 0 bridgehead atoms. The molecule has 1 aliphatic heterocycles. The van der Waals surface area contributed by atoms with Gasteiger partial charge in [-0.15, -0.1) is 0 Å². The lowest BCUT2D eigenvalue weighted by atomic mass is 9.95. The topological polar surface area (TPSA) is 46.8 Å². The molecule has 5 heteroatoms. The lowest BCUT2D eigenvalue weighted by Gasteiger charge is -2.29. The second-order valence-electron chi connectivity index (χ2n) is 7.28. The highest BCUT2D eigenvalue weighted by Crippen LogP contribution is 2.23. The minimum atomic E-state index is 0.0123. The van der Waals surface area contributed by atoms with Gasteiger partial charge in [0.05, 0.1) is 11.4 Å². The normalized spacial score (nSPS) is 15.9. The molecular formula is C17H25N5. The van der Waals surface area contributed by atoms with Crippen molar-refractivity contribution in [3.63, 3.8) is 0 Å². The number of rotatable bonds is 2. The van der Waals surface area contributed by atoms with Gasteiger partial charge in [-0.05, 0) is 13.0 Å². The van der Waals surface area contributed by atoms with E-state index in [0.29, 0.717) is 0 Å². The van der Waals surface area contributed by atoms with Crippen LogP contribution in [0.15, 0.2) is 12.3 Å². The zero-order valence-electron chi connectivity index (χ0n) is 14.2.